The largest absolute Gasteiger partial charge is 0.325 e. The number of halogens is 2. The molecule has 86 valence electrons. The monoisotopic (exact) mass is 258 g/mol. The lowest BCUT2D eigenvalue weighted by atomic mass is 10.3. The minimum atomic E-state index is 0.0723. The molecule has 4 nitrogen and oxygen atoms in total. The maximum absolute atomic E-state index is 7.52. The van der Waals surface area contributed by atoms with E-state index in [1.54, 1.807) is 24.4 Å². The quantitative estimate of drug-likeness (QED) is 0.443. The Morgan fingerprint density at radius 2 is 2.19 bits per heavy atom. The molecule has 0 aliphatic rings. The highest BCUT2D eigenvalue weighted by atomic mass is 35.5. The Morgan fingerprint density at radius 3 is 2.81 bits per heavy atom. The highest BCUT2D eigenvalue weighted by molar-refractivity contribution is 6.42. The number of guanidine groups is 1. The molecule has 0 radical (unpaired) electrons. The molecular weight excluding hydrogens is 247 g/mol. The summed E-state index contributed by atoms with van der Waals surface area (Å²) < 4.78 is 0. The minimum Gasteiger partial charge on any atom is -0.325 e. The van der Waals surface area contributed by atoms with Crippen LogP contribution in [0.3, 0.4) is 0 Å². The zero-order chi connectivity index (χ0) is 12.0. The van der Waals surface area contributed by atoms with Gasteiger partial charge in [0, 0.05) is 11.9 Å². The van der Waals surface area contributed by atoms with E-state index in [-0.39, 0.29) is 5.96 Å². The van der Waals surface area contributed by atoms with Crippen molar-refractivity contribution in [3.63, 3.8) is 0 Å². The molecule has 0 aliphatic heterocycles. The predicted molar refractivity (Wildman–Crippen MR) is 69.7 cm³/mol. The number of nitrogens with one attached hydrogen (secondary N) is 3. The van der Waals surface area contributed by atoms with Crippen LogP contribution in [0.5, 0.6) is 0 Å². The maximum Gasteiger partial charge on any atom is 0.213 e. The Bertz CT molecular complexity index is 404. The summed E-state index contributed by atoms with van der Waals surface area (Å²) in [6, 6.07) is 5.03. The second-order valence-electron chi connectivity index (χ2n) is 2.96. The molecule has 0 bridgehead atoms. The summed E-state index contributed by atoms with van der Waals surface area (Å²) in [5.74, 6) is 0.0723. The van der Waals surface area contributed by atoms with Gasteiger partial charge in [0.05, 0.1) is 10.0 Å². The third-order valence-electron chi connectivity index (χ3n) is 1.64. The number of hydrazone groups is 1. The number of nitrogens with zero attached hydrogens (tertiary/aromatic N) is 1. The Hall–Kier alpha value is -1.26. The lowest BCUT2D eigenvalue weighted by Gasteiger charge is -2.07. The molecule has 0 spiro atoms. The molecular formula is C10H12Cl2N4. The van der Waals surface area contributed by atoms with Crippen LogP contribution in [0.4, 0.5) is 5.69 Å². The molecule has 0 amide bonds. The van der Waals surface area contributed by atoms with Crippen molar-refractivity contribution < 1.29 is 0 Å². The van der Waals surface area contributed by atoms with Crippen LogP contribution >= 0.6 is 23.2 Å². The van der Waals surface area contributed by atoms with Gasteiger partial charge in [-0.2, -0.15) is 5.10 Å². The Labute approximate surface area is 104 Å². The van der Waals surface area contributed by atoms with Crippen molar-refractivity contribution in [2.24, 2.45) is 5.10 Å². The average molecular weight is 259 g/mol. The Kier molecular flexibility index (Phi) is 5.08. The molecule has 1 aromatic rings. The molecule has 6 heteroatoms. The van der Waals surface area contributed by atoms with Gasteiger partial charge in [-0.3, -0.25) is 5.41 Å². The highest BCUT2D eigenvalue weighted by Gasteiger charge is 2.00. The standard InChI is InChI=1S/C10H12Cl2N4/c1-2-5-14-16-10(13)15-7-3-4-8(11)9(12)6-7/h3-6H,2H2,1H3,(H3,13,15,16). The third-order valence-corrected chi connectivity index (χ3v) is 2.38. The van der Waals surface area contributed by atoms with Crippen molar-refractivity contribution >= 4 is 41.1 Å². The highest BCUT2D eigenvalue weighted by Crippen LogP contribution is 2.24. The molecule has 3 N–H and O–H groups in total. The van der Waals surface area contributed by atoms with E-state index < -0.39 is 0 Å². The van der Waals surface area contributed by atoms with E-state index in [0.717, 1.165) is 6.42 Å². The molecule has 0 fully saturated rings. The fourth-order valence-electron chi connectivity index (χ4n) is 0.948. The molecule has 0 aromatic heterocycles. The second kappa shape index (κ2) is 6.35. The molecule has 16 heavy (non-hydrogen) atoms. The zero-order valence-electron chi connectivity index (χ0n) is 8.72. The van der Waals surface area contributed by atoms with Gasteiger partial charge in [-0.15, -0.1) is 0 Å². The molecule has 0 saturated heterocycles. The maximum atomic E-state index is 7.52. The van der Waals surface area contributed by atoms with Gasteiger partial charge in [-0.05, 0) is 24.6 Å². The first kappa shape index (κ1) is 12.8. The van der Waals surface area contributed by atoms with Crippen LogP contribution in [-0.2, 0) is 0 Å². The SMILES string of the molecule is CCC=NNC(=N)Nc1ccc(Cl)c(Cl)c1. The van der Waals surface area contributed by atoms with Crippen LogP contribution in [0.25, 0.3) is 0 Å². The van der Waals surface area contributed by atoms with Crippen LogP contribution < -0.4 is 10.7 Å². The summed E-state index contributed by atoms with van der Waals surface area (Å²) in [6.07, 6.45) is 2.48. The van der Waals surface area contributed by atoms with E-state index in [1.807, 2.05) is 6.92 Å². The summed E-state index contributed by atoms with van der Waals surface area (Å²) in [5.41, 5.74) is 3.21. The van der Waals surface area contributed by atoms with Crippen LogP contribution in [0, 0.1) is 5.41 Å². The first-order valence-corrected chi connectivity index (χ1v) is 5.47. The smallest absolute Gasteiger partial charge is 0.213 e. The van der Waals surface area contributed by atoms with Crippen LogP contribution in [0.15, 0.2) is 23.3 Å². The Balaban J connectivity index is 2.56. The topological polar surface area (TPSA) is 60.3 Å². The molecule has 0 unspecified atom stereocenters. The molecule has 0 atom stereocenters. The van der Waals surface area contributed by atoms with E-state index in [9.17, 15) is 0 Å². The number of hydrogen-bond donors (Lipinski definition) is 3. The number of anilines is 1. The summed E-state index contributed by atoms with van der Waals surface area (Å²) in [7, 11) is 0. The second-order valence-corrected chi connectivity index (χ2v) is 3.78. The fraction of sp³-hybridized carbons (Fsp3) is 0.200. The van der Waals surface area contributed by atoms with Gasteiger partial charge in [0.1, 0.15) is 0 Å². The van der Waals surface area contributed by atoms with Gasteiger partial charge in [0.25, 0.3) is 0 Å². The summed E-state index contributed by atoms with van der Waals surface area (Å²) in [5, 5.41) is 15.0. The Morgan fingerprint density at radius 1 is 1.44 bits per heavy atom. The molecule has 1 rings (SSSR count). The zero-order valence-corrected chi connectivity index (χ0v) is 10.2. The molecule has 0 saturated carbocycles. The van der Waals surface area contributed by atoms with Gasteiger partial charge in [-0.1, -0.05) is 30.1 Å². The van der Waals surface area contributed by atoms with Gasteiger partial charge in [0.15, 0.2) is 0 Å². The van der Waals surface area contributed by atoms with Crippen LogP contribution in [0.2, 0.25) is 10.0 Å². The van der Waals surface area contributed by atoms with Crippen molar-refractivity contribution in [1.29, 1.82) is 5.41 Å². The van der Waals surface area contributed by atoms with Gasteiger partial charge < -0.3 is 5.32 Å². The van der Waals surface area contributed by atoms with E-state index in [2.05, 4.69) is 15.8 Å². The van der Waals surface area contributed by atoms with E-state index in [0.29, 0.717) is 15.7 Å². The average Bonchev–Trinajstić information content (AvgIpc) is 2.24. The molecule has 0 aliphatic carbocycles. The van der Waals surface area contributed by atoms with Gasteiger partial charge in [-0.25, -0.2) is 5.43 Å². The van der Waals surface area contributed by atoms with Crippen molar-refractivity contribution in [3.05, 3.63) is 28.2 Å². The fourth-order valence-corrected chi connectivity index (χ4v) is 1.25. The van der Waals surface area contributed by atoms with Crippen molar-refractivity contribution in [1.82, 2.24) is 5.43 Å². The molecule has 1 aromatic carbocycles. The van der Waals surface area contributed by atoms with Crippen molar-refractivity contribution in [2.45, 2.75) is 13.3 Å². The van der Waals surface area contributed by atoms with Gasteiger partial charge >= 0.3 is 0 Å². The third kappa shape index (κ3) is 4.08. The van der Waals surface area contributed by atoms with Crippen LogP contribution in [0.1, 0.15) is 13.3 Å². The predicted octanol–water partition coefficient (Wildman–Crippen LogP) is 3.33. The molecule has 0 heterocycles. The van der Waals surface area contributed by atoms with Gasteiger partial charge in [0.2, 0.25) is 5.96 Å². The summed E-state index contributed by atoms with van der Waals surface area (Å²) in [6.45, 7) is 1.96. The first-order chi connectivity index (χ1) is 7.63. The van der Waals surface area contributed by atoms with Crippen LogP contribution in [-0.4, -0.2) is 12.2 Å². The number of rotatable bonds is 3. The number of hydrogen-bond acceptors (Lipinski definition) is 2. The lowest BCUT2D eigenvalue weighted by Crippen LogP contribution is -2.25. The number of benzene rings is 1. The minimum absolute atomic E-state index is 0.0723. The lowest BCUT2D eigenvalue weighted by molar-refractivity contribution is 1.00. The first-order valence-electron chi connectivity index (χ1n) is 4.71. The summed E-state index contributed by atoms with van der Waals surface area (Å²) >= 11 is 11.6. The normalized spacial score (nSPS) is 10.4. The van der Waals surface area contributed by atoms with Crippen molar-refractivity contribution in [2.75, 3.05) is 5.32 Å². The van der Waals surface area contributed by atoms with E-state index in [4.69, 9.17) is 28.6 Å². The summed E-state index contributed by atoms with van der Waals surface area (Å²) in [4.78, 5) is 0. The van der Waals surface area contributed by atoms with Crippen molar-refractivity contribution in [3.8, 4) is 0 Å². The van der Waals surface area contributed by atoms with E-state index in [1.165, 1.54) is 0 Å². The van der Waals surface area contributed by atoms with E-state index >= 15 is 0 Å².